The normalized spacial score (nSPS) is 13.8. The van der Waals surface area contributed by atoms with Gasteiger partial charge in [0, 0.05) is 6.42 Å². The van der Waals surface area contributed by atoms with Crippen LogP contribution in [0, 0.1) is 12.3 Å². The summed E-state index contributed by atoms with van der Waals surface area (Å²) in [6.07, 6.45) is -4.67. The second-order valence-electron chi connectivity index (χ2n) is 3.28. The average molecular weight is 153 g/mol. The van der Waals surface area contributed by atoms with Gasteiger partial charge in [-0.1, -0.05) is 13.8 Å². The summed E-state index contributed by atoms with van der Waals surface area (Å²) in [6.45, 7) is 6.96. The Hall–Kier alpha value is -0.210. The van der Waals surface area contributed by atoms with Crippen molar-refractivity contribution in [2.75, 3.05) is 0 Å². The molecular formula is C7H12F3. The van der Waals surface area contributed by atoms with Gasteiger partial charge in [-0.3, -0.25) is 0 Å². The molecule has 1 radical (unpaired) electrons. The quantitative estimate of drug-likeness (QED) is 0.571. The summed E-state index contributed by atoms with van der Waals surface area (Å²) < 4.78 is 34.7. The van der Waals surface area contributed by atoms with Crippen molar-refractivity contribution >= 4 is 0 Å². The number of hydrogen-bond acceptors (Lipinski definition) is 0. The van der Waals surface area contributed by atoms with E-state index in [9.17, 15) is 13.2 Å². The van der Waals surface area contributed by atoms with Crippen molar-refractivity contribution in [1.29, 1.82) is 0 Å². The lowest BCUT2D eigenvalue weighted by molar-refractivity contribution is -0.138. The van der Waals surface area contributed by atoms with Crippen molar-refractivity contribution in [3.63, 3.8) is 0 Å². The molecule has 0 amide bonds. The molecule has 3 heteroatoms. The largest absolute Gasteiger partial charge is 0.389 e. The highest BCUT2D eigenvalue weighted by Crippen LogP contribution is 2.29. The third-order valence-electron chi connectivity index (χ3n) is 1.09. The van der Waals surface area contributed by atoms with Gasteiger partial charge in [-0.25, -0.2) is 0 Å². The summed E-state index contributed by atoms with van der Waals surface area (Å²) in [5.41, 5.74) is -0.463. The number of halogens is 3. The van der Waals surface area contributed by atoms with Crippen molar-refractivity contribution in [3.8, 4) is 0 Å². The van der Waals surface area contributed by atoms with Gasteiger partial charge >= 0.3 is 6.18 Å². The van der Waals surface area contributed by atoms with Gasteiger partial charge in [-0.05, 0) is 18.8 Å². The van der Waals surface area contributed by atoms with E-state index in [0.29, 0.717) is 0 Å². The molecular weight excluding hydrogens is 141 g/mol. The van der Waals surface area contributed by atoms with Gasteiger partial charge in [0.15, 0.2) is 0 Å². The van der Waals surface area contributed by atoms with Crippen LogP contribution in [0.5, 0.6) is 0 Å². The maximum Gasteiger partial charge on any atom is 0.389 e. The molecule has 0 spiro atoms. The van der Waals surface area contributed by atoms with Crippen LogP contribution in [0.4, 0.5) is 13.2 Å². The smallest absolute Gasteiger partial charge is 0.171 e. The van der Waals surface area contributed by atoms with Crippen molar-refractivity contribution in [3.05, 3.63) is 6.92 Å². The third kappa shape index (κ3) is 7.79. The molecule has 0 aliphatic carbocycles. The van der Waals surface area contributed by atoms with Crippen LogP contribution >= 0.6 is 0 Å². The minimum absolute atomic E-state index is 0.0938. The molecule has 0 nitrogen and oxygen atoms in total. The van der Waals surface area contributed by atoms with E-state index in [1.165, 1.54) is 0 Å². The van der Waals surface area contributed by atoms with Crippen LogP contribution < -0.4 is 0 Å². The monoisotopic (exact) mass is 153 g/mol. The fourth-order valence-electron chi connectivity index (χ4n) is 0.480. The minimum atomic E-state index is -4.03. The predicted molar refractivity (Wildman–Crippen MR) is 34.4 cm³/mol. The summed E-state index contributed by atoms with van der Waals surface area (Å²) in [5, 5.41) is 0. The lowest BCUT2D eigenvalue weighted by Gasteiger charge is -2.18. The van der Waals surface area contributed by atoms with Crippen LogP contribution in [0.25, 0.3) is 0 Å². The van der Waals surface area contributed by atoms with Gasteiger partial charge < -0.3 is 0 Å². The summed E-state index contributed by atoms with van der Waals surface area (Å²) >= 11 is 0. The van der Waals surface area contributed by atoms with Gasteiger partial charge in [0.1, 0.15) is 0 Å². The third-order valence-corrected chi connectivity index (χ3v) is 1.09. The standard InChI is InChI=1S/C7H12F3/c1-6(2,3)4-5-7(8,9)10/h1,4-5H2,2-3H3. The Morgan fingerprint density at radius 1 is 1.10 bits per heavy atom. The lowest BCUT2D eigenvalue weighted by atomic mass is 9.90. The molecule has 0 bridgehead atoms. The summed E-state index contributed by atoms with van der Waals surface area (Å²) in [5.74, 6) is 0. The molecule has 0 unspecified atom stereocenters. The fraction of sp³-hybridized carbons (Fsp3) is 0.857. The van der Waals surface area contributed by atoms with E-state index in [0.717, 1.165) is 0 Å². The van der Waals surface area contributed by atoms with E-state index in [4.69, 9.17) is 0 Å². The molecule has 61 valence electrons. The van der Waals surface area contributed by atoms with Gasteiger partial charge in [-0.15, -0.1) is 0 Å². The Balaban J connectivity index is 3.56. The van der Waals surface area contributed by atoms with Crippen LogP contribution in [0.15, 0.2) is 0 Å². The van der Waals surface area contributed by atoms with E-state index in [1.807, 2.05) is 0 Å². The van der Waals surface area contributed by atoms with Crippen molar-refractivity contribution < 1.29 is 13.2 Å². The van der Waals surface area contributed by atoms with Crippen molar-refractivity contribution in [2.45, 2.75) is 32.9 Å². The molecule has 0 atom stereocenters. The Bertz CT molecular complexity index is 82.4. The SMILES string of the molecule is [CH2]C(C)(C)CCC(F)(F)F. The maximum absolute atomic E-state index is 11.6. The maximum atomic E-state index is 11.6. The van der Waals surface area contributed by atoms with Crippen molar-refractivity contribution in [2.24, 2.45) is 5.41 Å². The molecule has 0 aromatic carbocycles. The molecule has 0 saturated heterocycles. The predicted octanol–water partition coefficient (Wildman–Crippen LogP) is 3.19. The highest BCUT2D eigenvalue weighted by molar-refractivity contribution is 4.71. The zero-order chi connectivity index (χ0) is 8.41. The van der Waals surface area contributed by atoms with Crippen molar-refractivity contribution in [1.82, 2.24) is 0 Å². The summed E-state index contributed by atoms with van der Waals surface area (Å²) in [4.78, 5) is 0. The van der Waals surface area contributed by atoms with Crippen LogP contribution in [0.2, 0.25) is 0 Å². The molecule has 0 fully saturated rings. The van der Waals surface area contributed by atoms with Crippen LogP contribution in [-0.4, -0.2) is 6.18 Å². The molecule has 0 aliphatic heterocycles. The van der Waals surface area contributed by atoms with E-state index < -0.39 is 18.0 Å². The van der Waals surface area contributed by atoms with Gasteiger partial charge in [0.05, 0.1) is 0 Å². The Morgan fingerprint density at radius 3 is 1.60 bits per heavy atom. The van der Waals surface area contributed by atoms with E-state index in [1.54, 1.807) is 13.8 Å². The van der Waals surface area contributed by atoms with Crippen LogP contribution in [-0.2, 0) is 0 Å². The first-order valence-corrected chi connectivity index (χ1v) is 3.13. The highest BCUT2D eigenvalue weighted by Gasteiger charge is 2.29. The minimum Gasteiger partial charge on any atom is -0.171 e. The molecule has 0 N–H and O–H groups in total. The summed E-state index contributed by atoms with van der Waals surface area (Å²) in [7, 11) is 0. The Kier molecular flexibility index (Phi) is 2.75. The first-order chi connectivity index (χ1) is 4.21. The fourth-order valence-corrected chi connectivity index (χ4v) is 0.480. The Morgan fingerprint density at radius 2 is 1.50 bits per heavy atom. The van der Waals surface area contributed by atoms with Gasteiger partial charge in [0.25, 0.3) is 0 Å². The first kappa shape index (κ1) is 9.79. The molecule has 0 aromatic heterocycles. The lowest BCUT2D eigenvalue weighted by Crippen LogP contribution is -2.13. The van der Waals surface area contributed by atoms with E-state index in [-0.39, 0.29) is 6.42 Å². The average Bonchev–Trinajstić information content (AvgIpc) is 1.57. The molecule has 0 rings (SSSR count). The number of rotatable bonds is 2. The zero-order valence-electron chi connectivity index (χ0n) is 6.26. The van der Waals surface area contributed by atoms with Gasteiger partial charge in [0.2, 0.25) is 0 Å². The molecule has 0 aromatic rings. The second-order valence-corrected chi connectivity index (χ2v) is 3.28. The highest BCUT2D eigenvalue weighted by atomic mass is 19.4. The van der Waals surface area contributed by atoms with E-state index in [2.05, 4.69) is 6.92 Å². The summed E-state index contributed by atoms with van der Waals surface area (Å²) in [6, 6.07) is 0. The topological polar surface area (TPSA) is 0 Å². The molecule has 0 heterocycles. The number of alkyl halides is 3. The second kappa shape index (κ2) is 2.81. The Labute approximate surface area is 59.4 Å². The van der Waals surface area contributed by atoms with E-state index >= 15 is 0 Å². The van der Waals surface area contributed by atoms with Crippen LogP contribution in [0.1, 0.15) is 26.7 Å². The first-order valence-electron chi connectivity index (χ1n) is 3.13. The molecule has 0 saturated carbocycles. The number of hydrogen-bond donors (Lipinski definition) is 0. The van der Waals surface area contributed by atoms with Gasteiger partial charge in [-0.2, -0.15) is 13.2 Å². The molecule has 0 aliphatic rings. The molecule has 10 heavy (non-hydrogen) atoms. The zero-order valence-corrected chi connectivity index (χ0v) is 6.26. The van der Waals surface area contributed by atoms with Crippen LogP contribution in [0.3, 0.4) is 0 Å².